The number of benzene rings is 3. The number of aromatic nitrogens is 4. The monoisotopic (exact) mass is 437 g/mol. The van der Waals surface area contributed by atoms with Crippen molar-refractivity contribution in [3.63, 3.8) is 0 Å². The molecule has 0 bridgehead atoms. The number of nitrogens with one attached hydrogen (secondary N) is 2. The van der Waals surface area contributed by atoms with Gasteiger partial charge in [0.05, 0.1) is 11.4 Å². The summed E-state index contributed by atoms with van der Waals surface area (Å²) in [5.41, 5.74) is 4.04. The number of carbonyl (C=O) groups excluding carboxylic acids is 1. The molecule has 0 spiro atoms. The van der Waals surface area contributed by atoms with Crippen LogP contribution in [0.5, 0.6) is 0 Å². The SMILES string of the molecule is Cc1nc(-c2ccccc2)sc1C(=O)Nc1ccccc1-c1nc(-c2ccccc2)n[nH]1. The molecule has 0 unspecified atom stereocenters. The summed E-state index contributed by atoms with van der Waals surface area (Å²) < 4.78 is 0. The standard InChI is InChI=1S/C25H19N5OS/c1-16-21(32-25(26-16)18-12-6-3-7-13-18)24(31)27-20-15-9-8-14-19(20)23-28-22(29-30-23)17-10-4-2-5-11-17/h2-15H,1H3,(H,27,31)(H,28,29,30). The van der Waals surface area contributed by atoms with E-state index in [-0.39, 0.29) is 5.91 Å². The summed E-state index contributed by atoms with van der Waals surface area (Å²) >= 11 is 1.38. The molecule has 5 rings (SSSR count). The number of hydrogen-bond donors (Lipinski definition) is 2. The highest BCUT2D eigenvalue weighted by molar-refractivity contribution is 7.17. The van der Waals surface area contributed by atoms with Gasteiger partial charge in [-0.3, -0.25) is 9.89 Å². The van der Waals surface area contributed by atoms with Gasteiger partial charge in [0.25, 0.3) is 5.91 Å². The lowest BCUT2D eigenvalue weighted by Crippen LogP contribution is -2.12. The van der Waals surface area contributed by atoms with Gasteiger partial charge in [0.15, 0.2) is 11.6 Å². The number of aromatic amines is 1. The van der Waals surface area contributed by atoms with Crippen LogP contribution in [0.1, 0.15) is 15.4 Å². The van der Waals surface area contributed by atoms with Crippen molar-refractivity contribution in [1.29, 1.82) is 0 Å². The topological polar surface area (TPSA) is 83.6 Å². The van der Waals surface area contributed by atoms with Gasteiger partial charge in [0.2, 0.25) is 0 Å². The summed E-state index contributed by atoms with van der Waals surface area (Å²) in [6.07, 6.45) is 0. The third-order valence-corrected chi connectivity index (χ3v) is 6.18. The maximum Gasteiger partial charge on any atom is 0.267 e. The van der Waals surface area contributed by atoms with Crippen LogP contribution in [-0.2, 0) is 0 Å². The van der Waals surface area contributed by atoms with E-state index >= 15 is 0 Å². The second-order valence-corrected chi connectivity index (χ2v) is 8.17. The molecule has 7 heteroatoms. The second-order valence-electron chi connectivity index (χ2n) is 7.17. The molecule has 156 valence electrons. The molecule has 0 aliphatic heterocycles. The molecular formula is C25H19N5OS. The number of thiazole rings is 1. The molecule has 0 atom stereocenters. The molecule has 2 heterocycles. The van der Waals surface area contributed by atoms with Crippen LogP contribution in [0.3, 0.4) is 0 Å². The van der Waals surface area contributed by atoms with E-state index in [1.807, 2.05) is 91.9 Å². The third kappa shape index (κ3) is 3.93. The lowest BCUT2D eigenvalue weighted by molar-refractivity contribution is 0.103. The van der Waals surface area contributed by atoms with Crippen molar-refractivity contribution in [2.45, 2.75) is 6.92 Å². The Morgan fingerprint density at radius 1 is 0.844 bits per heavy atom. The Morgan fingerprint density at radius 3 is 2.25 bits per heavy atom. The van der Waals surface area contributed by atoms with E-state index < -0.39 is 0 Å². The molecule has 2 N–H and O–H groups in total. The van der Waals surface area contributed by atoms with E-state index in [0.29, 0.717) is 27.9 Å². The highest BCUT2D eigenvalue weighted by atomic mass is 32.1. The molecule has 1 amide bonds. The number of H-pyrrole nitrogens is 1. The molecule has 0 aliphatic rings. The Kier molecular flexibility index (Phi) is 5.31. The largest absolute Gasteiger partial charge is 0.321 e. The zero-order chi connectivity index (χ0) is 21.9. The van der Waals surface area contributed by atoms with Crippen molar-refractivity contribution in [2.75, 3.05) is 5.32 Å². The maximum absolute atomic E-state index is 13.1. The Morgan fingerprint density at radius 2 is 1.50 bits per heavy atom. The average molecular weight is 438 g/mol. The zero-order valence-electron chi connectivity index (χ0n) is 17.2. The lowest BCUT2D eigenvalue weighted by Gasteiger charge is -2.08. The summed E-state index contributed by atoms with van der Waals surface area (Å²) in [4.78, 5) is 22.9. The average Bonchev–Trinajstić information content (AvgIpc) is 3.48. The van der Waals surface area contributed by atoms with Gasteiger partial charge in [0.1, 0.15) is 9.88 Å². The first-order valence-corrected chi connectivity index (χ1v) is 10.9. The highest BCUT2D eigenvalue weighted by Crippen LogP contribution is 2.30. The Hall–Kier alpha value is -4.10. The van der Waals surface area contributed by atoms with Gasteiger partial charge in [-0.2, -0.15) is 5.10 Å². The molecule has 0 saturated carbocycles. The minimum absolute atomic E-state index is 0.197. The number of amides is 1. The molecule has 5 aromatic rings. The number of carbonyl (C=O) groups is 1. The summed E-state index contributed by atoms with van der Waals surface area (Å²) in [6, 6.07) is 27.2. The number of para-hydroxylation sites is 1. The number of nitrogens with zero attached hydrogens (tertiary/aromatic N) is 3. The first-order valence-electron chi connectivity index (χ1n) is 10.1. The van der Waals surface area contributed by atoms with Crippen molar-refractivity contribution >= 4 is 22.9 Å². The van der Waals surface area contributed by atoms with Crippen molar-refractivity contribution in [3.05, 3.63) is 95.5 Å². The number of hydrogen-bond acceptors (Lipinski definition) is 5. The minimum Gasteiger partial charge on any atom is -0.321 e. The van der Waals surface area contributed by atoms with E-state index in [9.17, 15) is 4.79 Å². The predicted octanol–water partition coefficient (Wildman–Crippen LogP) is 5.82. The van der Waals surface area contributed by atoms with E-state index in [0.717, 1.165) is 21.7 Å². The normalized spacial score (nSPS) is 10.8. The van der Waals surface area contributed by atoms with Gasteiger partial charge in [-0.25, -0.2) is 9.97 Å². The second kappa shape index (κ2) is 8.56. The Labute approximate surface area is 189 Å². The smallest absolute Gasteiger partial charge is 0.267 e. The van der Waals surface area contributed by atoms with Gasteiger partial charge >= 0.3 is 0 Å². The molecule has 0 saturated heterocycles. The quantitative estimate of drug-likeness (QED) is 0.363. The Bertz CT molecular complexity index is 1380. The van der Waals surface area contributed by atoms with Crippen molar-refractivity contribution in [1.82, 2.24) is 20.2 Å². The van der Waals surface area contributed by atoms with Crippen LogP contribution in [0.15, 0.2) is 84.9 Å². The number of aryl methyl sites for hydroxylation is 1. The number of anilines is 1. The summed E-state index contributed by atoms with van der Waals surface area (Å²) in [5.74, 6) is 0.996. The first-order chi connectivity index (χ1) is 15.7. The molecule has 0 radical (unpaired) electrons. The number of rotatable bonds is 5. The fourth-order valence-corrected chi connectivity index (χ4v) is 4.35. The van der Waals surface area contributed by atoms with Crippen LogP contribution < -0.4 is 5.32 Å². The maximum atomic E-state index is 13.1. The van der Waals surface area contributed by atoms with Gasteiger partial charge in [-0.1, -0.05) is 72.8 Å². The molecule has 6 nitrogen and oxygen atoms in total. The van der Waals surface area contributed by atoms with Gasteiger partial charge in [0, 0.05) is 16.7 Å². The summed E-state index contributed by atoms with van der Waals surface area (Å²) in [5, 5.41) is 11.2. The van der Waals surface area contributed by atoms with Crippen molar-refractivity contribution in [2.24, 2.45) is 0 Å². The van der Waals surface area contributed by atoms with Crippen LogP contribution in [0.4, 0.5) is 5.69 Å². The van der Waals surface area contributed by atoms with Crippen LogP contribution in [0.2, 0.25) is 0 Å². The van der Waals surface area contributed by atoms with Crippen LogP contribution in [0, 0.1) is 6.92 Å². The Balaban J connectivity index is 1.43. The van der Waals surface area contributed by atoms with E-state index in [1.165, 1.54) is 11.3 Å². The molecule has 32 heavy (non-hydrogen) atoms. The fraction of sp³-hybridized carbons (Fsp3) is 0.0400. The van der Waals surface area contributed by atoms with E-state index in [1.54, 1.807) is 0 Å². The fourth-order valence-electron chi connectivity index (χ4n) is 3.39. The van der Waals surface area contributed by atoms with Gasteiger partial charge in [-0.05, 0) is 19.1 Å². The molecule has 3 aromatic carbocycles. The predicted molar refractivity (Wildman–Crippen MR) is 127 cm³/mol. The van der Waals surface area contributed by atoms with Crippen LogP contribution >= 0.6 is 11.3 Å². The third-order valence-electron chi connectivity index (χ3n) is 4.97. The van der Waals surface area contributed by atoms with Gasteiger partial charge < -0.3 is 5.32 Å². The highest BCUT2D eigenvalue weighted by Gasteiger charge is 2.19. The van der Waals surface area contributed by atoms with Crippen molar-refractivity contribution < 1.29 is 4.79 Å². The lowest BCUT2D eigenvalue weighted by atomic mass is 10.1. The van der Waals surface area contributed by atoms with Crippen molar-refractivity contribution in [3.8, 4) is 33.3 Å². The van der Waals surface area contributed by atoms with Crippen LogP contribution in [-0.4, -0.2) is 26.1 Å². The minimum atomic E-state index is -0.197. The summed E-state index contributed by atoms with van der Waals surface area (Å²) in [6.45, 7) is 1.85. The molecule has 2 aromatic heterocycles. The molecular weight excluding hydrogens is 418 g/mol. The first kappa shape index (κ1) is 19.8. The van der Waals surface area contributed by atoms with E-state index in [4.69, 9.17) is 0 Å². The van der Waals surface area contributed by atoms with E-state index in [2.05, 4.69) is 25.5 Å². The van der Waals surface area contributed by atoms with Gasteiger partial charge in [-0.15, -0.1) is 11.3 Å². The van der Waals surface area contributed by atoms with Crippen LogP contribution in [0.25, 0.3) is 33.3 Å². The summed E-state index contributed by atoms with van der Waals surface area (Å²) in [7, 11) is 0. The molecule has 0 fully saturated rings. The molecule has 0 aliphatic carbocycles. The zero-order valence-corrected chi connectivity index (χ0v) is 18.1.